The van der Waals surface area contributed by atoms with E-state index in [1.165, 1.54) is 25.0 Å². The van der Waals surface area contributed by atoms with Gasteiger partial charge in [0.05, 0.1) is 0 Å². The molecule has 0 atom stereocenters. The highest BCUT2D eigenvalue weighted by molar-refractivity contribution is 5.35. The molecule has 0 amide bonds. The number of nitrogens with zero attached hydrogens (tertiary/aromatic N) is 3. The lowest BCUT2D eigenvalue weighted by molar-refractivity contribution is -0.0449. The largest absolute Gasteiger partial charge is 0.455 e. The molecule has 0 radical (unpaired) electrons. The summed E-state index contributed by atoms with van der Waals surface area (Å²) in [5.41, 5.74) is 11.0. The minimum absolute atomic E-state index is 0.401. The van der Waals surface area contributed by atoms with Crippen molar-refractivity contribution < 1.29 is 18.9 Å². The molecule has 1 aromatic rings. The minimum atomic E-state index is -0.521. The summed E-state index contributed by atoms with van der Waals surface area (Å²) in [6.45, 7) is 0.401. The van der Waals surface area contributed by atoms with Crippen molar-refractivity contribution in [3.05, 3.63) is 70.4 Å². The van der Waals surface area contributed by atoms with Crippen LogP contribution in [0.25, 0.3) is 10.4 Å². The summed E-state index contributed by atoms with van der Waals surface area (Å²) in [4.78, 5) is 2.75. The highest BCUT2D eigenvalue weighted by atomic mass is 16.7. The first-order chi connectivity index (χ1) is 10.4. The van der Waals surface area contributed by atoms with Gasteiger partial charge in [0.1, 0.15) is 25.0 Å². The molecule has 7 heteroatoms. The van der Waals surface area contributed by atoms with Crippen LogP contribution in [0, 0.1) is 0 Å². The van der Waals surface area contributed by atoms with Crippen molar-refractivity contribution in [3.63, 3.8) is 0 Å². The van der Waals surface area contributed by atoms with Gasteiger partial charge in [0.2, 0.25) is 0 Å². The summed E-state index contributed by atoms with van der Waals surface area (Å²) < 4.78 is 21.6. The molecule has 0 fully saturated rings. The van der Waals surface area contributed by atoms with Gasteiger partial charge in [-0.05, 0) is 23.6 Å². The summed E-state index contributed by atoms with van der Waals surface area (Å²) in [5, 5.41) is 3.54. The molecule has 0 saturated heterocycles. The van der Waals surface area contributed by atoms with Gasteiger partial charge in [-0.25, -0.2) is 0 Å². The average molecular weight is 287 g/mol. The van der Waals surface area contributed by atoms with E-state index >= 15 is 0 Å². The number of ether oxygens (including phenoxy) is 4. The Morgan fingerprint density at radius 2 is 1.57 bits per heavy atom. The third-order valence-electron chi connectivity index (χ3n) is 3.14. The maximum Gasteiger partial charge on any atom is 0.266 e. The molecule has 21 heavy (non-hydrogen) atoms. The second-order valence-electron chi connectivity index (χ2n) is 4.42. The van der Waals surface area contributed by atoms with Gasteiger partial charge in [-0.1, -0.05) is 17.2 Å². The van der Waals surface area contributed by atoms with Gasteiger partial charge in [-0.2, -0.15) is 0 Å². The fraction of sp³-hybridized carbons (Fsp3) is 0.286. The summed E-state index contributed by atoms with van der Waals surface area (Å²) in [6.07, 6.45) is 5.61. The first-order valence-corrected chi connectivity index (χ1v) is 6.44. The fourth-order valence-electron chi connectivity index (χ4n) is 2.19. The van der Waals surface area contributed by atoms with Crippen LogP contribution in [-0.4, -0.2) is 6.54 Å². The van der Waals surface area contributed by atoms with Crippen molar-refractivity contribution in [2.45, 2.75) is 19.0 Å². The summed E-state index contributed by atoms with van der Waals surface area (Å²) in [5.74, 6) is 0. The van der Waals surface area contributed by atoms with E-state index < -0.39 is 12.6 Å². The van der Waals surface area contributed by atoms with Crippen LogP contribution < -0.4 is 0 Å². The summed E-state index contributed by atoms with van der Waals surface area (Å²) in [6, 6.07) is 5.80. The van der Waals surface area contributed by atoms with Crippen molar-refractivity contribution in [1.29, 1.82) is 0 Å². The first kappa shape index (κ1) is 13.2. The Hall–Kier alpha value is -2.79. The lowest BCUT2D eigenvalue weighted by Gasteiger charge is -2.19. The van der Waals surface area contributed by atoms with Crippen molar-refractivity contribution in [3.8, 4) is 0 Å². The standard InChI is InChI=1S/C14H13N3O4/c15-17-16-4-3-10-1-2-11(13-18-5-6-19-13)12(9-10)14-20-7-8-21-14/h1-2,5-9,13-14H,3-4H2. The fourth-order valence-corrected chi connectivity index (χ4v) is 2.19. The van der Waals surface area contributed by atoms with E-state index in [1.54, 1.807) is 0 Å². The van der Waals surface area contributed by atoms with Crippen LogP contribution in [0.1, 0.15) is 29.3 Å². The first-order valence-electron chi connectivity index (χ1n) is 6.44. The molecule has 0 N–H and O–H groups in total. The lowest BCUT2D eigenvalue weighted by atomic mass is 10.0. The number of benzene rings is 1. The van der Waals surface area contributed by atoms with E-state index in [9.17, 15) is 0 Å². The van der Waals surface area contributed by atoms with E-state index in [0.29, 0.717) is 13.0 Å². The van der Waals surface area contributed by atoms with Crippen molar-refractivity contribution in [2.75, 3.05) is 6.54 Å². The molecule has 2 aliphatic heterocycles. The zero-order chi connectivity index (χ0) is 14.5. The molecule has 0 spiro atoms. The van der Waals surface area contributed by atoms with Crippen molar-refractivity contribution >= 4 is 0 Å². The Balaban J connectivity index is 1.86. The molecule has 108 valence electrons. The van der Waals surface area contributed by atoms with Gasteiger partial charge in [-0.3, -0.25) is 0 Å². The molecule has 0 aromatic heterocycles. The SMILES string of the molecule is [N-]=[N+]=NCCc1ccc(C2OC=CO2)c(C2OC=CO2)c1. The van der Waals surface area contributed by atoms with Crippen LogP contribution >= 0.6 is 0 Å². The van der Waals surface area contributed by atoms with Crippen LogP contribution in [0.2, 0.25) is 0 Å². The number of hydrogen-bond donors (Lipinski definition) is 0. The second-order valence-corrected chi connectivity index (χ2v) is 4.42. The van der Waals surface area contributed by atoms with Crippen LogP contribution in [0.3, 0.4) is 0 Å². The Labute approximate surface area is 121 Å². The van der Waals surface area contributed by atoms with E-state index in [2.05, 4.69) is 10.0 Å². The molecule has 2 aliphatic rings. The summed E-state index contributed by atoms with van der Waals surface area (Å²) >= 11 is 0. The Morgan fingerprint density at radius 3 is 2.19 bits per heavy atom. The minimum Gasteiger partial charge on any atom is -0.455 e. The van der Waals surface area contributed by atoms with Gasteiger partial charge < -0.3 is 18.9 Å². The van der Waals surface area contributed by atoms with E-state index in [1.807, 2.05) is 18.2 Å². The average Bonchev–Trinajstić information content (AvgIpc) is 3.21. The second kappa shape index (κ2) is 6.11. The highest BCUT2D eigenvalue weighted by Crippen LogP contribution is 2.34. The normalized spacial score (nSPS) is 16.8. The maximum absolute atomic E-state index is 8.33. The third-order valence-corrected chi connectivity index (χ3v) is 3.14. The number of hydrogen-bond acceptors (Lipinski definition) is 5. The Morgan fingerprint density at radius 1 is 0.952 bits per heavy atom. The molecular weight excluding hydrogens is 274 g/mol. The molecule has 7 nitrogen and oxygen atoms in total. The molecule has 0 unspecified atom stereocenters. The van der Waals surface area contributed by atoms with Gasteiger partial charge in [0, 0.05) is 22.6 Å². The number of rotatable bonds is 5. The lowest BCUT2D eigenvalue weighted by Crippen LogP contribution is -2.09. The molecule has 3 rings (SSSR count). The van der Waals surface area contributed by atoms with Gasteiger partial charge >= 0.3 is 0 Å². The molecule has 0 saturated carbocycles. The monoisotopic (exact) mass is 287 g/mol. The van der Waals surface area contributed by atoms with Crippen LogP contribution in [0.4, 0.5) is 0 Å². The summed E-state index contributed by atoms with van der Waals surface area (Å²) in [7, 11) is 0. The van der Waals surface area contributed by atoms with E-state index in [4.69, 9.17) is 24.5 Å². The highest BCUT2D eigenvalue weighted by Gasteiger charge is 2.27. The third kappa shape index (κ3) is 2.88. The molecule has 0 bridgehead atoms. The van der Waals surface area contributed by atoms with E-state index in [-0.39, 0.29) is 0 Å². The topological polar surface area (TPSA) is 85.7 Å². The van der Waals surface area contributed by atoms with Crippen molar-refractivity contribution in [1.82, 2.24) is 0 Å². The smallest absolute Gasteiger partial charge is 0.266 e. The Kier molecular flexibility index (Phi) is 3.84. The predicted molar refractivity (Wildman–Crippen MR) is 72.3 cm³/mol. The number of azide groups is 1. The van der Waals surface area contributed by atoms with Crippen molar-refractivity contribution in [2.24, 2.45) is 5.11 Å². The zero-order valence-corrected chi connectivity index (χ0v) is 11.1. The molecule has 1 aromatic carbocycles. The van der Waals surface area contributed by atoms with E-state index in [0.717, 1.165) is 16.7 Å². The van der Waals surface area contributed by atoms with Gasteiger partial charge in [-0.15, -0.1) is 0 Å². The predicted octanol–water partition coefficient (Wildman–Crippen LogP) is 3.57. The van der Waals surface area contributed by atoms with Crippen LogP contribution in [-0.2, 0) is 25.4 Å². The molecule has 2 heterocycles. The maximum atomic E-state index is 8.33. The van der Waals surface area contributed by atoms with Crippen LogP contribution in [0.5, 0.6) is 0 Å². The Bertz CT molecular complexity index is 607. The van der Waals surface area contributed by atoms with Gasteiger partial charge in [0.15, 0.2) is 0 Å². The van der Waals surface area contributed by atoms with Crippen LogP contribution in [0.15, 0.2) is 48.4 Å². The quantitative estimate of drug-likeness (QED) is 0.470. The van der Waals surface area contributed by atoms with Gasteiger partial charge in [0.25, 0.3) is 12.6 Å². The zero-order valence-electron chi connectivity index (χ0n) is 11.1. The molecule has 0 aliphatic carbocycles. The molecular formula is C14H13N3O4.